The number of nitrogens with one attached hydrogen (secondary N) is 1. The van der Waals surface area contributed by atoms with Crippen LogP contribution in [0, 0.1) is 29.6 Å². The van der Waals surface area contributed by atoms with Gasteiger partial charge in [0.25, 0.3) is 0 Å². The normalized spacial score (nSPS) is 11.6. The van der Waals surface area contributed by atoms with Crippen LogP contribution in [0.1, 0.15) is 75.8 Å². The smallest absolute Gasteiger partial charge is 0.748 e. The Morgan fingerprint density at radius 3 is 2.02 bits per heavy atom. The predicted molar refractivity (Wildman–Crippen MR) is 181 cm³/mol. The first-order valence-corrected chi connectivity index (χ1v) is 18.5. The molecule has 0 aliphatic rings. The molecule has 1 heterocycles. The fraction of sp³-hybridized carbons (Fsp3) is 0.438. The number of nitrogens with zero attached hydrogens (tertiary/aromatic N) is 7. The van der Waals surface area contributed by atoms with Crippen LogP contribution in [0.4, 0.5) is 22.9 Å². The van der Waals surface area contributed by atoms with Crippen molar-refractivity contribution in [2.75, 3.05) is 34.8 Å². The van der Waals surface area contributed by atoms with E-state index in [-0.39, 0.29) is 151 Å². The molecular formula is C32H38K2N8O7S2. The summed E-state index contributed by atoms with van der Waals surface area (Å²) >= 11 is 0. The molecule has 15 nitrogen and oxygen atoms in total. The SMILES string of the molecule is CC(=O)Nc1cc(N(CCCCS(=O)(=O)[O-])CCCCS(=O)(=O)[O-])ccc1N=Nc1c(C#N)c(C(C)(C)C)nn1-c1c(C)cccc1C#N.[K+].[K+]. The number of azo groups is 1. The minimum Gasteiger partial charge on any atom is -0.748 e. The van der Waals surface area contributed by atoms with Gasteiger partial charge in [-0.25, -0.2) is 21.5 Å². The van der Waals surface area contributed by atoms with Crippen LogP contribution in [-0.4, -0.2) is 66.2 Å². The van der Waals surface area contributed by atoms with E-state index in [0.29, 0.717) is 41.0 Å². The van der Waals surface area contributed by atoms with Gasteiger partial charge in [0.05, 0.1) is 42.9 Å². The second kappa shape index (κ2) is 20.9. The van der Waals surface area contributed by atoms with E-state index in [1.807, 2.05) is 25.7 Å². The molecule has 1 aromatic heterocycles. The summed E-state index contributed by atoms with van der Waals surface area (Å²) in [5, 5.41) is 36.4. The Bertz CT molecular complexity index is 1990. The third-order valence-corrected chi connectivity index (χ3v) is 8.88. The second-order valence-electron chi connectivity index (χ2n) is 12.4. The van der Waals surface area contributed by atoms with Crippen molar-refractivity contribution in [1.29, 1.82) is 10.5 Å². The molecule has 0 saturated heterocycles. The molecule has 0 unspecified atom stereocenters. The zero-order valence-corrected chi connectivity index (χ0v) is 37.8. The molecule has 0 aliphatic heterocycles. The fourth-order valence-electron chi connectivity index (χ4n) is 5.05. The summed E-state index contributed by atoms with van der Waals surface area (Å²) in [6.45, 7) is 9.36. The molecule has 0 bridgehead atoms. The Morgan fingerprint density at radius 2 is 1.53 bits per heavy atom. The number of hydrogen-bond donors (Lipinski definition) is 1. The maximum absolute atomic E-state index is 12.2. The number of para-hydroxylation sites is 1. The van der Waals surface area contributed by atoms with E-state index in [4.69, 9.17) is 5.10 Å². The summed E-state index contributed by atoms with van der Waals surface area (Å²) in [5.41, 5.74) is 2.53. The van der Waals surface area contributed by atoms with Crippen molar-refractivity contribution in [3.63, 3.8) is 0 Å². The van der Waals surface area contributed by atoms with Crippen LogP contribution in [0.15, 0.2) is 46.6 Å². The monoisotopic (exact) mass is 788 g/mol. The first-order chi connectivity index (χ1) is 22.8. The molecule has 262 valence electrons. The van der Waals surface area contributed by atoms with Crippen LogP contribution in [-0.2, 0) is 30.4 Å². The zero-order chi connectivity index (χ0) is 36.6. The zero-order valence-electron chi connectivity index (χ0n) is 29.9. The predicted octanol–water partition coefficient (Wildman–Crippen LogP) is -0.939. The van der Waals surface area contributed by atoms with E-state index < -0.39 is 43.1 Å². The van der Waals surface area contributed by atoms with Crippen LogP contribution in [0.25, 0.3) is 5.69 Å². The van der Waals surface area contributed by atoms with Gasteiger partial charge >= 0.3 is 103 Å². The van der Waals surface area contributed by atoms with Gasteiger partial charge in [-0.05, 0) is 62.4 Å². The van der Waals surface area contributed by atoms with Crippen LogP contribution >= 0.6 is 0 Å². The Hall–Kier alpha value is -1.41. The summed E-state index contributed by atoms with van der Waals surface area (Å²) in [6, 6.07) is 14.4. The van der Waals surface area contributed by atoms with Gasteiger partial charge in [0.1, 0.15) is 23.4 Å². The molecule has 0 saturated carbocycles. The van der Waals surface area contributed by atoms with Gasteiger partial charge in [0.15, 0.2) is 5.82 Å². The number of carbonyl (C=O) groups excluding carboxylic acids is 1. The van der Waals surface area contributed by atoms with Crippen molar-refractivity contribution in [1.82, 2.24) is 9.78 Å². The largest absolute Gasteiger partial charge is 1.00 e. The van der Waals surface area contributed by atoms with Gasteiger partial charge in [-0.2, -0.15) is 15.6 Å². The number of aryl methyl sites for hydroxylation is 1. The summed E-state index contributed by atoms with van der Waals surface area (Å²) < 4.78 is 68.0. The molecule has 3 rings (SSSR count). The third kappa shape index (κ3) is 14.7. The average molecular weight is 789 g/mol. The number of nitriles is 2. The summed E-state index contributed by atoms with van der Waals surface area (Å²) in [4.78, 5) is 14.1. The van der Waals surface area contributed by atoms with Crippen LogP contribution in [0.5, 0.6) is 0 Å². The molecule has 19 heteroatoms. The van der Waals surface area contributed by atoms with Gasteiger partial charge in [0.2, 0.25) is 5.91 Å². The molecule has 0 fully saturated rings. The van der Waals surface area contributed by atoms with E-state index in [1.165, 1.54) is 11.6 Å². The topological polar surface area (TPSA) is 237 Å². The van der Waals surface area contributed by atoms with Gasteiger partial charge in [-0.3, -0.25) is 4.79 Å². The first kappa shape index (κ1) is 47.6. The number of benzene rings is 2. The number of rotatable bonds is 15. The minimum atomic E-state index is -4.40. The molecule has 1 N–H and O–H groups in total. The summed E-state index contributed by atoms with van der Waals surface area (Å²) in [5.74, 6) is -1.41. The number of amides is 1. The Labute approximate surface area is 384 Å². The molecule has 1 amide bonds. The Balaban J connectivity index is 0.00000650. The standard InChI is InChI=1S/C32H40N8O7S2.2K/c1-22-11-10-12-24(20-33)29(22)40-31(26(21-34)30(38-40)32(3,4)5)37-36-27-14-13-25(19-28(27)35-23(2)41)39(15-6-8-17-48(42,43)44)16-7-9-18-49(45,46)47;;/h10-14,19H,6-9,15-18H2,1-5H3,(H,35,41)(H,42,43,44)(H,45,46,47);;/q;2*+1/p-2. The van der Waals surface area contributed by atoms with Crippen molar-refractivity contribution in [3.8, 4) is 17.8 Å². The number of unbranched alkanes of at least 4 members (excludes halogenated alkanes) is 2. The van der Waals surface area contributed by atoms with Gasteiger partial charge in [-0.1, -0.05) is 32.9 Å². The average Bonchev–Trinajstić information content (AvgIpc) is 3.36. The summed E-state index contributed by atoms with van der Waals surface area (Å²) in [6.07, 6.45) is 0.835. The van der Waals surface area contributed by atoms with Crippen molar-refractivity contribution in [3.05, 3.63) is 58.8 Å². The van der Waals surface area contributed by atoms with Crippen LogP contribution in [0.2, 0.25) is 0 Å². The van der Waals surface area contributed by atoms with E-state index in [2.05, 4.69) is 27.7 Å². The molecule has 0 atom stereocenters. The summed E-state index contributed by atoms with van der Waals surface area (Å²) in [7, 11) is -8.80. The number of hydrogen-bond acceptors (Lipinski definition) is 13. The Kier molecular flexibility index (Phi) is 19.5. The molecule has 0 radical (unpaired) electrons. The first-order valence-electron chi connectivity index (χ1n) is 15.3. The number of anilines is 2. The van der Waals surface area contributed by atoms with Crippen molar-refractivity contribution in [2.24, 2.45) is 10.2 Å². The minimum absolute atomic E-state index is 0. The third-order valence-electron chi connectivity index (χ3n) is 7.31. The second-order valence-corrected chi connectivity index (χ2v) is 15.5. The Morgan fingerprint density at radius 1 is 0.941 bits per heavy atom. The number of aromatic nitrogens is 2. The quantitative estimate of drug-likeness (QED) is 0.0854. The van der Waals surface area contributed by atoms with Gasteiger partial charge < -0.3 is 19.3 Å². The number of carbonyl (C=O) groups is 1. The molecule has 0 spiro atoms. The molecule has 3 aromatic rings. The molecular weight excluding hydrogens is 751 g/mol. The van der Waals surface area contributed by atoms with Crippen molar-refractivity contribution < 1.29 is 134 Å². The van der Waals surface area contributed by atoms with Crippen molar-refractivity contribution in [2.45, 2.75) is 65.7 Å². The maximum atomic E-state index is 12.2. The van der Waals surface area contributed by atoms with E-state index in [0.717, 1.165) is 0 Å². The molecule has 51 heavy (non-hydrogen) atoms. The molecule has 0 aliphatic carbocycles. The van der Waals surface area contributed by atoms with Gasteiger partial charge in [0, 0.05) is 42.6 Å². The van der Waals surface area contributed by atoms with Crippen molar-refractivity contribution >= 4 is 49.0 Å². The van der Waals surface area contributed by atoms with E-state index >= 15 is 0 Å². The van der Waals surface area contributed by atoms with E-state index in [9.17, 15) is 41.3 Å². The molecule has 2 aromatic carbocycles. The maximum Gasteiger partial charge on any atom is 1.00 e. The fourth-order valence-corrected chi connectivity index (χ4v) is 6.16. The van der Waals surface area contributed by atoms with Gasteiger partial charge in [-0.15, -0.1) is 10.2 Å². The van der Waals surface area contributed by atoms with E-state index in [1.54, 1.807) is 43.3 Å². The van der Waals surface area contributed by atoms with Crippen LogP contribution in [0.3, 0.4) is 0 Å². The van der Waals surface area contributed by atoms with Crippen LogP contribution < -0.4 is 113 Å².